The molecule has 2 N–H and O–H groups in total. The van der Waals surface area contributed by atoms with Gasteiger partial charge in [-0.15, -0.1) is 0 Å². The van der Waals surface area contributed by atoms with E-state index in [-0.39, 0.29) is 12.1 Å². The number of hydrogen-bond acceptors (Lipinski definition) is 5. The number of aromatic nitrogens is 1. The molecule has 0 fully saturated rings. The Kier molecular flexibility index (Phi) is 1.83. The van der Waals surface area contributed by atoms with Crippen molar-refractivity contribution in [3.8, 4) is 0 Å². The van der Waals surface area contributed by atoms with E-state index in [0.29, 0.717) is 18.1 Å². The lowest BCUT2D eigenvalue weighted by Gasteiger charge is -2.18. The van der Waals surface area contributed by atoms with Gasteiger partial charge in [0.1, 0.15) is 0 Å². The molecule has 1 aliphatic rings. The molecule has 1 aliphatic heterocycles. The van der Waals surface area contributed by atoms with Crippen molar-refractivity contribution in [2.45, 2.75) is 19.5 Å². The smallest absolute Gasteiger partial charge is 0.410 e. The molecule has 2 rings (SSSR count). The second-order valence-electron chi connectivity index (χ2n) is 3.18. The number of carbonyl (C=O) groups is 1. The third kappa shape index (κ3) is 1.03. The Bertz CT molecular complexity index is 374. The van der Waals surface area contributed by atoms with Gasteiger partial charge in [0.15, 0.2) is 11.6 Å². The van der Waals surface area contributed by atoms with E-state index in [9.17, 15) is 4.79 Å². The number of nitrogens with two attached hydrogens (primary N) is 1. The van der Waals surface area contributed by atoms with Crippen LogP contribution in [0.5, 0.6) is 0 Å². The SMILES string of the molecule is COC(=O)N1Cc2c(N)noc2C1C. The van der Waals surface area contributed by atoms with E-state index in [1.807, 2.05) is 6.92 Å². The van der Waals surface area contributed by atoms with E-state index >= 15 is 0 Å². The van der Waals surface area contributed by atoms with Crippen LogP contribution in [-0.2, 0) is 11.3 Å². The third-order valence-corrected chi connectivity index (χ3v) is 2.43. The largest absolute Gasteiger partial charge is 0.453 e. The highest BCUT2D eigenvalue weighted by Gasteiger charge is 2.36. The van der Waals surface area contributed by atoms with Crippen molar-refractivity contribution in [3.05, 3.63) is 11.3 Å². The van der Waals surface area contributed by atoms with Gasteiger partial charge in [0.2, 0.25) is 0 Å². The number of methoxy groups -OCH3 is 1. The summed E-state index contributed by atoms with van der Waals surface area (Å²) in [6.45, 7) is 2.24. The average molecular weight is 197 g/mol. The average Bonchev–Trinajstić information content (AvgIpc) is 2.69. The monoisotopic (exact) mass is 197 g/mol. The summed E-state index contributed by atoms with van der Waals surface area (Å²) in [5.41, 5.74) is 6.35. The number of ether oxygens (including phenoxy) is 1. The molecule has 0 aromatic carbocycles. The van der Waals surface area contributed by atoms with E-state index in [1.54, 1.807) is 0 Å². The molecule has 1 amide bonds. The number of amides is 1. The molecule has 1 aromatic rings. The number of anilines is 1. The summed E-state index contributed by atoms with van der Waals surface area (Å²) in [5.74, 6) is 0.992. The first kappa shape index (κ1) is 8.86. The number of fused-ring (bicyclic) bond motifs is 1. The van der Waals surface area contributed by atoms with Crippen LogP contribution in [0, 0.1) is 0 Å². The van der Waals surface area contributed by atoms with Crippen LogP contribution in [0.3, 0.4) is 0 Å². The van der Waals surface area contributed by atoms with E-state index in [0.717, 1.165) is 5.56 Å². The molecule has 0 bridgehead atoms. The summed E-state index contributed by atoms with van der Waals surface area (Å²) < 4.78 is 9.65. The minimum absolute atomic E-state index is 0.165. The molecule has 0 saturated heterocycles. The predicted octanol–water partition coefficient (Wildman–Crippen LogP) is 0.900. The van der Waals surface area contributed by atoms with Gasteiger partial charge in [-0.1, -0.05) is 5.16 Å². The standard InChI is InChI=1S/C8H11N3O3/c1-4-6-5(7(9)10-14-6)3-11(4)8(12)13-2/h4H,3H2,1-2H3,(H2,9,10). The van der Waals surface area contributed by atoms with E-state index in [1.165, 1.54) is 12.0 Å². The normalized spacial score (nSPS) is 19.6. The van der Waals surface area contributed by atoms with E-state index < -0.39 is 0 Å². The summed E-state index contributed by atoms with van der Waals surface area (Å²) in [6, 6.07) is -0.165. The highest BCUT2D eigenvalue weighted by Crippen LogP contribution is 2.36. The van der Waals surface area contributed by atoms with Crippen molar-refractivity contribution in [2.75, 3.05) is 12.8 Å². The number of hydrogen-bond donors (Lipinski definition) is 1. The molecular formula is C8H11N3O3. The number of carbonyl (C=O) groups excluding carboxylic acids is 1. The summed E-state index contributed by atoms with van der Waals surface area (Å²) in [4.78, 5) is 12.8. The fraction of sp³-hybridized carbons (Fsp3) is 0.500. The molecule has 6 nitrogen and oxygen atoms in total. The van der Waals surface area contributed by atoms with Gasteiger partial charge in [0.25, 0.3) is 0 Å². The van der Waals surface area contributed by atoms with Gasteiger partial charge in [-0.05, 0) is 6.92 Å². The van der Waals surface area contributed by atoms with Crippen LogP contribution < -0.4 is 5.73 Å². The lowest BCUT2D eigenvalue weighted by molar-refractivity contribution is 0.107. The van der Waals surface area contributed by atoms with Crippen molar-refractivity contribution in [1.82, 2.24) is 10.1 Å². The molecule has 1 atom stereocenters. The van der Waals surface area contributed by atoms with Crippen molar-refractivity contribution in [1.29, 1.82) is 0 Å². The van der Waals surface area contributed by atoms with Gasteiger partial charge in [0, 0.05) is 0 Å². The van der Waals surface area contributed by atoms with Crippen molar-refractivity contribution in [2.24, 2.45) is 0 Å². The second kappa shape index (κ2) is 2.90. The Balaban J connectivity index is 2.30. The number of nitrogens with zero attached hydrogens (tertiary/aromatic N) is 2. The zero-order valence-electron chi connectivity index (χ0n) is 7.98. The van der Waals surface area contributed by atoms with Crippen molar-refractivity contribution in [3.63, 3.8) is 0 Å². The van der Waals surface area contributed by atoms with Crippen LogP contribution in [0.2, 0.25) is 0 Å². The van der Waals surface area contributed by atoms with Crippen LogP contribution in [0.25, 0.3) is 0 Å². The third-order valence-electron chi connectivity index (χ3n) is 2.43. The topological polar surface area (TPSA) is 81.6 Å². The minimum Gasteiger partial charge on any atom is -0.453 e. The van der Waals surface area contributed by atoms with Gasteiger partial charge in [-0.2, -0.15) is 0 Å². The van der Waals surface area contributed by atoms with Crippen LogP contribution in [-0.4, -0.2) is 23.3 Å². The maximum Gasteiger partial charge on any atom is 0.410 e. The zero-order chi connectivity index (χ0) is 10.3. The maximum atomic E-state index is 11.3. The van der Waals surface area contributed by atoms with Crippen LogP contribution in [0.1, 0.15) is 24.3 Å². The van der Waals surface area contributed by atoms with Crippen LogP contribution in [0.4, 0.5) is 10.6 Å². The fourth-order valence-corrected chi connectivity index (χ4v) is 1.61. The molecule has 76 valence electrons. The second-order valence-corrected chi connectivity index (χ2v) is 3.18. The van der Waals surface area contributed by atoms with Gasteiger partial charge in [-0.25, -0.2) is 4.79 Å². The Morgan fingerprint density at radius 2 is 2.50 bits per heavy atom. The maximum absolute atomic E-state index is 11.3. The molecule has 2 heterocycles. The molecule has 0 spiro atoms. The fourth-order valence-electron chi connectivity index (χ4n) is 1.61. The Morgan fingerprint density at radius 3 is 3.07 bits per heavy atom. The highest BCUT2D eigenvalue weighted by molar-refractivity contribution is 5.70. The molecule has 0 aliphatic carbocycles. The molecular weight excluding hydrogens is 186 g/mol. The molecule has 1 aromatic heterocycles. The Labute approximate surface area is 80.6 Å². The summed E-state index contributed by atoms with van der Waals surface area (Å²) in [6.07, 6.45) is -0.386. The lowest BCUT2D eigenvalue weighted by atomic mass is 10.2. The first-order valence-corrected chi connectivity index (χ1v) is 4.23. The first-order valence-electron chi connectivity index (χ1n) is 4.23. The molecule has 6 heteroatoms. The van der Waals surface area contributed by atoms with Gasteiger partial charge in [0.05, 0.1) is 25.3 Å². The quantitative estimate of drug-likeness (QED) is 0.668. The van der Waals surface area contributed by atoms with E-state index in [2.05, 4.69) is 9.89 Å². The van der Waals surface area contributed by atoms with Crippen molar-refractivity contribution < 1.29 is 14.1 Å². The molecule has 1 unspecified atom stereocenters. The first-order chi connectivity index (χ1) is 6.65. The Hall–Kier alpha value is -1.72. The lowest BCUT2D eigenvalue weighted by Crippen LogP contribution is -2.28. The summed E-state index contributed by atoms with van der Waals surface area (Å²) in [7, 11) is 1.34. The summed E-state index contributed by atoms with van der Waals surface area (Å²) >= 11 is 0. The van der Waals surface area contributed by atoms with Gasteiger partial charge < -0.3 is 15.0 Å². The Morgan fingerprint density at radius 1 is 1.79 bits per heavy atom. The van der Waals surface area contributed by atoms with Crippen molar-refractivity contribution >= 4 is 11.9 Å². The highest BCUT2D eigenvalue weighted by atomic mass is 16.5. The minimum atomic E-state index is -0.386. The number of rotatable bonds is 0. The van der Waals surface area contributed by atoms with Crippen LogP contribution in [0.15, 0.2) is 4.52 Å². The molecule has 0 saturated carbocycles. The number of nitrogen functional groups attached to an aromatic ring is 1. The molecule has 0 radical (unpaired) electrons. The van der Waals surface area contributed by atoms with E-state index in [4.69, 9.17) is 10.3 Å². The predicted molar refractivity (Wildman–Crippen MR) is 47.3 cm³/mol. The van der Waals surface area contributed by atoms with Crippen LogP contribution >= 0.6 is 0 Å². The molecule has 14 heavy (non-hydrogen) atoms. The zero-order valence-corrected chi connectivity index (χ0v) is 7.98. The van der Waals surface area contributed by atoms with Gasteiger partial charge >= 0.3 is 6.09 Å². The van der Waals surface area contributed by atoms with Gasteiger partial charge in [-0.3, -0.25) is 4.90 Å². The summed E-state index contributed by atoms with van der Waals surface area (Å²) in [5, 5.41) is 3.63.